The predicted molar refractivity (Wildman–Crippen MR) is 82.8 cm³/mol. The van der Waals surface area contributed by atoms with Crippen molar-refractivity contribution in [2.45, 2.75) is 24.7 Å². The van der Waals surface area contributed by atoms with Crippen molar-refractivity contribution in [3.05, 3.63) is 60.2 Å². The van der Waals surface area contributed by atoms with E-state index in [0.29, 0.717) is 0 Å². The normalized spacial score (nSPS) is 12.4. The quantitative estimate of drug-likeness (QED) is 0.788. The summed E-state index contributed by atoms with van der Waals surface area (Å²) in [4.78, 5) is -0.0881. The Morgan fingerprint density at radius 2 is 1.58 bits per heavy atom. The molecule has 130 valence electrons. The third-order valence-electron chi connectivity index (χ3n) is 3.25. The van der Waals surface area contributed by atoms with Gasteiger partial charge in [0, 0.05) is 13.1 Å². The van der Waals surface area contributed by atoms with Gasteiger partial charge in [-0.25, -0.2) is 8.42 Å². The fourth-order valence-electron chi connectivity index (χ4n) is 2.12. The van der Waals surface area contributed by atoms with E-state index >= 15 is 0 Å². The number of benzene rings is 2. The van der Waals surface area contributed by atoms with Gasteiger partial charge in [-0.3, -0.25) is 0 Å². The van der Waals surface area contributed by atoms with Gasteiger partial charge in [-0.1, -0.05) is 37.3 Å². The Bertz CT molecular complexity index is 759. The number of ether oxygens (including phenoxy) is 1. The summed E-state index contributed by atoms with van der Waals surface area (Å²) >= 11 is 0. The molecular formula is C16H16F3NO3S. The number of halogens is 3. The summed E-state index contributed by atoms with van der Waals surface area (Å²) in [7, 11) is -3.81. The van der Waals surface area contributed by atoms with Crippen molar-refractivity contribution in [1.29, 1.82) is 0 Å². The number of alkyl halides is 3. The Kier molecular flexibility index (Phi) is 5.51. The molecule has 0 heterocycles. The van der Waals surface area contributed by atoms with Crippen LogP contribution in [0.5, 0.6) is 5.75 Å². The van der Waals surface area contributed by atoms with Gasteiger partial charge in [-0.15, -0.1) is 13.2 Å². The third-order valence-corrected chi connectivity index (χ3v) is 5.18. The lowest BCUT2D eigenvalue weighted by molar-refractivity contribution is -0.274. The molecule has 0 fully saturated rings. The van der Waals surface area contributed by atoms with Gasteiger partial charge < -0.3 is 4.74 Å². The highest BCUT2D eigenvalue weighted by Gasteiger charge is 2.31. The van der Waals surface area contributed by atoms with Crippen LogP contribution in [0.3, 0.4) is 0 Å². The maximum atomic E-state index is 12.6. The first-order valence-electron chi connectivity index (χ1n) is 7.12. The van der Waals surface area contributed by atoms with E-state index in [1.807, 2.05) is 6.07 Å². The largest absolute Gasteiger partial charge is 0.573 e. The summed E-state index contributed by atoms with van der Waals surface area (Å²) < 4.78 is 66.7. The second-order valence-electron chi connectivity index (χ2n) is 4.94. The van der Waals surface area contributed by atoms with Gasteiger partial charge in [0.15, 0.2) is 0 Å². The van der Waals surface area contributed by atoms with Crippen LogP contribution in [0, 0.1) is 0 Å². The molecule has 0 aromatic heterocycles. The van der Waals surface area contributed by atoms with Gasteiger partial charge in [0.05, 0.1) is 4.90 Å². The van der Waals surface area contributed by atoms with Crippen LogP contribution in [0.4, 0.5) is 13.2 Å². The Hall–Kier alpha value is -2.06. The molecule has 0 atom stereocenters. The first kappa shape index (κ1) is 18.3. The highest BCUT2D eigenvalue weighted by Crippen LogP contribution is 2.25. The van der Waals surface area contributed by atoms with E-state index in [1.165, 1.54) is 4.31 Å². The molecule has 4 nitrogen and oxygen atoms in total. The molecule has 24 heavy (non-hydrogen) atoms. The van der Waals surface area contributed by atoms with Crippen LogP contribution in [0.1, 0.15) is 12.5 Å². The van der Waals surface area contributed by atoms with Crippen LogP contribution < -0.4 is 4.74 Å². The number of hydrogen-bond donors (Lipinski definition) is 0. The second kappa shape index (κ2) is 7.23. The predicted octanol–water partition coefficient (Wildman–Crippen LogP) is 3.80. The summed E-state index contributed by atoms with van der Waals surface area (Å²) in [6.45, 7) is 2.11. The summed E-state index contributed by atoms with van der Waals surface area (Å²) in [5.74, 6) is -0.465. The molecule has 2 rings (SSSR count). The molecule has 0 aliphatic rings. The molecule has 0 aliphatic carbocycles. The molecule has 0 bridgehead atoms. The lowest BCUT2D eigenvalue weighted by Gasteiger charge is -2.21. The monoisotopic (exact) mass is 359 g/mol. The van der Waals surface area contributed by atoms with Gasteiger partial charge >= 0.3 is 6.36 Å². The van der Waals surface area contributed by atoms with Crippen molar-refractivity contribution in [3.63, 3.8) is 0 Å². The minimum Gasteiger partial charge on any atom is -0.406 e. The Morgan fingerprint density at radius 1 is 1.00 bits per heavy atom. The second-order valence-corrected chi connectivity index (χ2v) is 6.87. The average Bonchev–Trinajstić information content (AvgIpc) is 2.52. The third kappa shape index (κ3) is 4.72. The Labute approximate surface area is 138 Å². The molecule has 8 heteroatoms. The first-order chi connectivity index (χ1) is 11.2. The minimum absolute atomic E-state index is 0.0881. The fourth-order valence-corrected chi connectivity index (χ4v) is 3.55. The fraction of sp³-hybridized carbons (Fsp3) is 0.250. The number of hydrogen-bond acceptors (Lipinski definition) is 3. The highest BCUT2D eigenvalue weighted by atomic mass is 32.2. The van der Waals surface area contributed by atoms with Gasteiger partial charge in [-0.2, -0.15) is 4.31 Å². The Balaban J connectivity index is 2.21. The maximum Gasteiger partial charge on any atom is 0.573 e. The van der Waals surface area contributed by atoms with Crippen molar-refractivity contribution in [2.24, 2.45) is 0 Å². The summed E-state index contributed by atoms with van der Waals surface area (Å²) in [5, 5.41) is 0. The van der Waals surface area contributed by atoms with E-state index in [-0.39, 0.29) is 18.0 Å². The van der Waals surface area contributed by atoms with Crippen LogP contribution in [0.2, 0.25) is 0 Å². The molecule has 2 aromatic rings. The van der Waals surface area contributed by atoms with Gasteiger partial charge in [0.1, 0.15) is 5.75 Å². The lowest BCUT2D eigenvalue weighted by Crippen LogP contribution is -2.30. The van der Waals surface area contributed by atoms with E-state index in [9.17, 15) is 21.6 Å². The minimum atomic E-state index is -4.82. The molecule has 0 unspecified atom stereocenters. The standard InChI is InChI=1S/C16H16F3NO3S/c1-2-20(12-13-6-4-3-5-7-13)24(21,22)15-10-8-14(9-11-15)23-16(17,18)19/h3-11H,2,12H2,1H3. The average molecular weight is 359 g/mol. The molecule has 0 amide bonds. The number of nitrogens with zero attached hydrogens (tertiary/aromatic N) is 1. The van der Waals surface area contributed by atoms with Crippen molar-refractivity contribution < 1.29 is 26.3 Å². The van der Waals surface area contributed by atoms with Crippen molar-refractivity contribution >= 4 is 10.0 Å². The summed E-state index contributed by atoms with van der Waals surface area (Å²) in [6, 6.07) is 13.2. The van der Waals surface area contributed by atoms with Crippen LogP contribution >= 0.6 is 0 Å². The van der Waals surface area contributed by atoms with Crippen molar-refractivity contribution in [2.75, 3.05) is 6.54 Å². The van der Waals surface area contributed by atoms with E-state index in [1.54, 1.807) is 31.2 Å². The Morgan fingerprint density at radius 3 is 2.08 bits per heavy atom. The molecule has 2 aromatic carbocycles. The van der Waals surface area contributed by atoms with Crippen LogP contribution in [-0.2, 0) is 16.6 Å². The smallest absolute Gasteiger partial charge is 0.406 e. The molecular weight excluding hydrogens is 343 g/mol. The zero-order chi connectivity index (χ0) is 17.8. The molecule has 0 saturated heterocycles. The van der Waals surface area contributed by atoms with E-state index in [2.05, 4.69) is 4.74 Å². The van der Waals surface area contributed by atoms with Gasteiger partial charge in [0.2, 0.25) is 10.0 Å². The molecule has 0 radical (unpaired) electrons. The van der Waals surface area contributed by atoms with E-state index in [4.69, 9.17) is 0 Å². The molecule has 0 saturated carbocycles. The maximum absolute atomic E-state index is 12.6. The van der Waals surface area contributed by atoms with Crippen LogP contribution in [0.15, 0.2) is 59.5 Å². The van der Waals surface area contributed by atoms with Gasteiger partial charge in [-0.05, 0) is 29.8 Å². The topological polar surface area (TPSA) is 46.6 Å². The highest BCUT2D eigenvalue weighted by molar-refractivity contribution is 7.89. The zero-order valence-electron chi connectivity index (χ0n) is 12.8. The lowest BCUT2D eigenvalue weighted by atomic mass is 10.2. The van der Waals surface area contributed by atoms with Crippen molar-refractivity contribution in [3.8, 4) is 5.75 Å². The van der Waals surface area contributed by atoms with Crippen LogP contribution in [-0.4, -0.2) is 25.6 Å². The first-order valence-corrected chi connectivity index (χ1v) is 8.56. The van der Waals surface area contributed by atoms with Gasteiger partial charge in [0.25, 0.3) is 0 Å². The van der Waals surface area contributed by atoms with E-state index < -0.39 is 22.1 Å². The SMILES string of the molecule is CCN(Cc1ccccc1)S(=O)(=O)c1ccc(OC(F)(F)F)cc1. The van der Waals surface area contributed by atoms with E-state index in [0.717, 1.165) is 29.8 Å². The van der Waals surface area contributed by atoms with Crippen molar-refractivity contribution in [1.82, 2.24) is 4.31 Å². The number of rotatable bonds is 6. The molecule has 0 N–H and O–H groups in total. The molecule has 0 aliphatic heterocycles. The number of sulfonamides is 1. The zero-order valence-corrected chi connectivity index (χ0v) is 13.6. The summed E-state index contributed by atoms with van der Waals surface area (Å²) in [6.07, 6.45) is -4.82. The molecule has 0 spiro atoms. The van der Waals surface area contributed by atoms with Crippen LogP contribution in [0.25, 0.3) is 0 Å². The summed E-state index contributed by atoms with van der Waals surface area (Å²) in [5.41, 5.74) is 0.819.